The fourth-order valence-electron chi connectivity index (χ4n) is 1.56. The van der Waals surface area contributed by atoms with Gasteiger partial charge in [-0.3, -0.25) is 4.79 Å². The van der Waals surface area contributed by atoms with E-state index in [1.165, 1.54) is 6.04 Å². The molecule has 0 bridgehead atoms. The van der Waals surface area contributed by atoms with E-state index in [0.29, 0.717) is 17.1 Å². The summed E-state index contributed by atoms with van der Waals surface area (Å²) in [5.41, 5.74) is 6.43. The van der Waals surface area contributed by atoms with Gasteiger partial charge in [0.05, 0.1) is 5.25 Å². The fourth-order valence-corrected chi connectivity index (χ4v) is 5.31. The highest BCUT2D eigenvalue weighted by molar-refractivity contribution is 8.00. The number of thioether (sulfide) groups is 1. The number of hydrogen-bond donors (Lipinski definition) is 1. The number of nitrogens with two attached hydrogens (primary N) is 1. The van der Waals surface area contributed by atoms with Gasteiger partial charge < -0.3 is 5.73 Å². The zero-order valence-electron chi connectivity index (χ0n) is 11.8. The van der Waals surface area contributed by atoms with Crippen molar-refractivity contribution in [2.24, 2.45) is 5.73 Å². The zero-order chi connectivity index (χ0) is 14.5. The van der Waals surface area contributed by atoms with E-state index in [1.807, 2.05) is 0 Å². The molecule has 0 spiro atoms. The summed E-state index contributed by atoms with van der Waals surface area (Å²) in [6, 6.07) is 8.24. The highest BCUT2D eigenvalue weighted by Gasteiger charge is 2.20. The Bertz CT molecular complexity index is 416. The van der Waals surface area contributed by atoms with Gasteiger partial charge in [0.15, 0.2) is 5.78 Å². The maximum atomic E-state index is 12.3. The lowest BCUT2D eigenvalue weighted by Crippen LogP contribution is -2.28. The molecular weight excluding hydrogens is 294 g/mol. The number of carbonyl (C=O) groups excluding carboxylic acids is 1. The minimum absolute atomic E-state index is 0.111. The number of benzene rings is 1. The number of hydrogen-bond acceptors (Lipinski definition) is 3. The standard InChI is InChI=1S/C14H22ClNOSSi/c1-19(2,3)9-8-18-13(10-16)14(17)11-4-6-12(15)7-5-11/h4-7,13H,8-10,16H2,1-3H3. The average molecular weight is 316 g/mol. The number of ketones is 1. The molecule has 5 heteroatoms. The van der Waals surface area contributed by atoms with Gasteiger partial charge in [-0.25, -0.2) is 0 Å². The van der Waals surface area contributed by atoms with Crippen LogP contribution >= 0.6 is 23.4 Å². The Morgan fingerprint density at radius 1 is 1.32 bits per heavy atom. The van der Waals surface area contributed by atoms with Crippen molar-refractivity contribution >= 4 is 37.2 Å². The van der Waals surface area contributed by atoms with Crippen LogP contribution in [0.4, 0.5) is 0 Å². The first kappa shape index (κ1) is 16.8. The van der Waals surface area contributed by atoms with Crippen LogP contribution in [0.15, 0.2) is 24.3 Å². The summed E-state index contributed by atoms with van der Waals surface area (Å²) in [5.74, 6) is 1.12. The van der Waals surface area contributed by atoms with Crippen molar-refractivity contribution in [1.29, 1.82) is 0 Å². The molecule has 2 nitrogen and oxygen atoms in total. The Morgan fingerprint density at radius 2 is 1.89 bits per heavy atom. The predicted octanol–water partition coefficient (Wildman–Crippen LogP) is 3.92. The van der Waals surface area contributed by atoms with Gasteiger partial charge in [-0.1, -0.05) is 31.2 Å². The molecule has 1 aromatic carbocycles. The van der Waals surface area contributed by atoms with E-state index in [0.717, 1.165) is 5.75 Å². The van der Waals surface area contributed by atoms with Crippen LogP contribution in [0, 0.1) is 0 Å². The van der Waals surface area contributed by atoms with Crippen molar-refractivity contribution in [2.45, 2.75) is 30.9 Å². The van der Waals surface area contributed by atoms with Crippen LogP contribution < -0.4 is 5.73 Å². The van der Waals surface area contributed by atoms with E-state index in [2.05, 4.69) is 19.6 Å². The molecule has 19 heavy (non-hydrogen) atoms. The summed E-state index contributed by atoms with van der Waals surface area (Å²) in [5, 5.41) is 0.504. The summed E-state index contributed by atoms with van der Waals surface area (Å²) >= 11 is 7.51. The molecule has 0 saturated carbocycles. The van der Waals surface area contributed by atoms with E-state index in [-0.39, 0.29) is 11.0 Å². The van der Waals surface area contributed by atoms with Crippen molar-refractivity contribution in [3.8, 4) is 0 Å². The van der Waals surface area contributed by atoms with E-state index in [1.54, 1.807) is 36.0 Å². The maximum Gasteiger partial charge on any atom is 0.177 e. The van der Waals surface area contributed by atoms with Crippen LogP contribution in [0.2, 0.25) is 30.7 Å². The van der Waals surface area contributed by atoms with Crippen molar-refractivity contribution in [3.63, 3.8) is 0 Å². The van der Waals surface area contributed by atoms with Gasteiger partial charge in [0.2, 0.25) is 0 Å². The monoisotopic (exact) mass is 315 g/mol. The Hall–Kier alpha value is -0.293. The van der Waals surface area contributed by atoms with Gasteiger partial charge in [0.1, 0.15) is 0 Å². The Morgan fingerprint density at radius 3 is 2.37 bits per heavy atom. The van der Waals surface area contributed by atoms with Gasteiger partial charge in [-0.2, -0.15) is 0 Å². The second kappa shape index (κ2) is 7.48. The Labute approximate surface area is 126 Å². The highest BCUT2D eigenvalue weighted by atomic mass is 35.5. The normalized spacial score (nSPS) is 13.3. The molecule has 2 N–H and O–H groups in total. The minimum atomic E-state index is -1.05. The molecule has 0 aliphatic heterocycles. The molecule has 0 saturated heterocycles. The highest BCUT2D eigenvalue weighted by Crippen LogP contribution is 2.21. The van der Waals surface area contributed by atoms with Crippen molar-refractivity contribution in [2.75, 3.05) is 12.3 Å². The van der Waals surface area contributed by atoms with Crippen molar-refractivity contribution in [1.82, 2.24) is 0 Å². The molecule has 1 unspecified atom stereocenters. The summed E-state index contributed by atoms with van der Waals surface area (Å²) in [6.07, 6.45) is 0. The Kier molecular flexibility index (Phi) is 6.60. The van der Waals surface area contributed by atoms with Crippen LogP contribution in [0.5, 0.6) is 0 Å². The number of carbonyl (C=O) groups is 1. The first-order valence-electron chi connectivity index (χ1n) is 6.45. The molecule has 0 radical (unpaired) electrons. The molecule has 0 aliphatic carbocycles. The summed E-state index contributed by atoms with van der Waals surface area (Å²) in [7, 11) is -1.05. The van der Waals surface area contributed by atoms with Gasteiger partial charge in [-0.05, 0) is 36.1 Å². The number of halogens is 1. The topological polar surface area (TPSA) is 43.1 Å². The van der Waals surface area contributed by atoms with Gasteiger partial charge in [-0.15, -0.1) is 11.8 Å². The van der Waals surface area contributed by atoms with Gasteiger partial charge in [0.25, 0.3) is 0 Å². The molecule has 0 fully saturated rings. The first-order valence-corrected chi connectivity index (χ1v) is 11.6. The van der Waals surface area contributed by atoms with Gasteiger partial charge in [0, 0.05) is 25.2 Å². The van der Waals surface area contributed by atoms with Crippen molar-refractivity contribution < 1.29 is 4.79 Å². The quantitative estimate of drug-likeness (QED) is 0.612. The fraction of sp³-hybridized carbons (Fsp3) is 0.500. The largest absolute Gasteiger partial charge is 0.329 e. The van der Waals surface area contributed by atoms with Crippen LogP contribution in [0.25, 0.3) is 0 Å². The SMILES string of the molecule is C[Si](C)(C)CCSC(CN)C(=O)c1ccc(Cl)cc1. The molecule has 0 aliphatic rings. The molecule has 1 rings (SSSR count). The number of Topliss-reactive ketones (excluding diaryl/α,β-unsaturated/α-hetero) is 1. The molecule has 0 heterocycles. The third kappa shape index (κ3) is 6.12. The predicted molar refractivity (Wildman–Crippen MR) is 89.2 cm³/mol. The van der Waals surface area contributed by atoms with Crippen molar-refractivity contribution in [3.05, 3.63) is 34.9 Å². The second-order valence-corrected chi connectivity index (χ2v) is 13.1. The molecule has 106 valence electrons. The lowest BCUT2D eigenvalue weighted by molar-refractivity contribution is 0.0991. The molecule has 0 aromatic heterocycles. The van der Waals surface area contributed by atoms with Crippen LogP contribution in [0.1, 0.15) is 10.4 Å². The summed E-state index contributed by atoms with van der Waals surface area (Å²) < 4.78 is 0. The van der Waals surface area contributed by atoms with Crippen LogP contribution in [-0.4, -0.2) is 31.4 Å². The Balaban J connectivity index is 2.59. The van der Waals surface area contributed by atoms with Gasteiger partial charge >= 0.3 is 0 Å². The maximum absolute atomic E-state index is 12.3. The molecule has 0 amide bonds. The van der Waals surface area contributed by atoms with Crippen LogP contribution in [0.3, 0.4) is 0 Å². The van der Waals surface area contributed by atoms with Crippen LogP contribution in [-0.2, 0) is 0 Å². The third-order valence-electron chi connectivity index (χ3n) is 2.81. The molecule has 1 aromatic rings. The third-order valence-corrected chi connectivity index (χ3v) is 6.42. The molecule has 1 atom stereocenters. The lowest BCUT2D eigenvalue weighted by Gasteiger charge is -2.18. The van der Waals surface area contributed by atoms with E-state index in [4.69, 9.17) is 17.3 Å². The number of rotatable bonds is 7. The van der Waals surface area contributed by atoms with E-state index >= 15 is 0 Å². The van der Waals surface area contributed by atoms with E-state index in [9.17, 15) is 4.79 Å². The molecular formula is C14H22ClNOSSi. The first-order chi connectivity index (χ1) is 8.83. The second-order valence-electron chi connectivity index (χ2n) is 5.78. The smallest absolute Gasteiger partial charge is 0.177 e. The average Bonchev–Trinajstić information content (AvgIpc) is 2.33. The zero-order valence-corrected chi connectivity index (χ0v) is 14.4. The van der Waals surface area contributed by atoms with E-state index < -0.39 is 8.07 Å². The lowest BCUT2D eigenvalue weighted by atomic mass is 10.1. The minimum Gasteiger partial charge on any atom is -0.329 e. The summed E-state index contributed by atoms with van der Waals surface area (Å²) in [4.78, 5) is 12.3. The summed E-state index contributed by atoms with van der Waals surface area (Å²) in [6.45, 7) is 7.40.